The number of carbonyl (C=O) groups excluding carboxylic acids is 2. The molecule has 2 N–H and O–H groups in total. The minimum Gasteiger partial charge on any atom is -0.448 e. The van der Waals surface area contributed by atoms with Crippen molar-refractivity contribution in [3.8, 4) is 11.1 Å². The van der Waals surface area contributed by atoms with Gasteiger partial charge in [-0.15, -0.1) is 0 Å². The fourth-order valence-electron chi connectivity index (χ4n) is 5.23. The predicted octanol–water partition coefficient (Wildman–Crippen LogP) is 5.83. The molecule has 0 unspecified atom stereocenters. The second kappa shape index (κ2) is 9.90. The van der Waals surface area contributed by atoms with E-state index in [0.717, 1.165) is 27.8 Å². The molecule has 1 heterocycles. The van der Waals surface area contributed by atoms with Crippen LogP contribution in [0.4, 0.5) is 15.3 Å². The van der Waals surface area contributed by atoms with Crippen molar-refractivity contribution in [2.75, 3.05) is 18.5 Å². The summed E-state index contributed by atoms with van der Waals surface area (Å²) in [5.41, 5.74) is 7.16. The lowest BCUT2D eigenvalue weighted by atomic mass is 9.93. The third-order valence-electron chi connectivity index (χ3n) is 6.91. The first-order valence-electron chi connectivity index (χ1n) is 12.6. The van der Waals surface area contributed by atoms with Gasteiger partial charge in [0.25, 0.3) is 0 Å². The highest BCUT2D eigenvalue weighted by atomic mass is 16.6. The van der Waals surface area contributed by atoms with E-state index < -0.39 is 17.8 Å². The molecule has 0 saturated heterocycles. The Balaban J connectivity index is 1.30. The minimum absolute atomic E-state index is 0.0220. The Kier molecular flexibility index (Phi) is 6.65. The van der Waals surface area contributed by atoms with Gasteiger partial charge in [0.05, 0.1) is 6.61 Å². The number of nitrogens with zero attached hydrogens (tertiary/aromatic N) is 1. The molecule has 2 amide bonds. The summed E-state index contributed by atoms with van der Waals surface area (Å²) in [6.07, 6.45) is -0.395. The van der Waals surface area contributed by atoms with Gasteiger partial charge in [0.2, 0.25) is 0 Å². The van der Waals surface area contributed by atoms with E-state index in [9.17, 15) is 14.7 Å². The Labute approximate surface area is 217 Å². The molecule has 3 aromatic rings. The van der Waals surface area contributed by atoms with Crippen LogP contribution in [0.5, 0.6) is 0 Å². The van der Waals surface area contributed by atoms with Crippen LogP contribution in [-0.4, -0.2) is 40.9 Å². The first-order valence-corrected chi connectivity index (χ1v) is 12.6. The molecule has 0 saturated carbocycles. The molecule has 7 heteroatoms. The van der Waals surface area contributed by atoms with E-state index in [4.69, 9.17) is 9.47 Å². The number of rotatable bonds is 4. The highest BCUT2D eigenvalue weighted by Crippen LogP contribution is 2.44. The summed E-state index contributed by atoms with van der Waals surface area (Å²) in [7, 11) is 0. The molecule has 3 aromatic carbocycles. The summed E-state index contributed by atoms with van der Waals surface area (Å²) >= 11 is 0. The zero-order chi connectivity index (χ0) is 26.2. The maximum Gasteiger partial charge on any atom is 0.411 e. The number of fused-ring (bicyclic) bond motifs is 4. The summed E-state index contributed by atoms with van der Waals surface area (Å²) in [5.74, 6) is -0.0220. The van der Waals surface area contributed by atoms with Crippen LogP contribution >= 0.6 is 0 Å². The van der Waals surface area contributed by atoms with Crippen LogP contribution in [0.3, 0.4) is 0 Å². The van der Waals surface area contributed by atoms with E-state index >= 15 is 0 Å². The van der Waals surface area contributed by atoms with Gasteiger partial charge in [0.15, 0.2) is 0 Å². The molecule has 0 spiro atoms. The molecule has 37 heavy (non-hydrogen) atoms. The average molecular weight is 501 g/mol. The molecule has 0 radical (unpaired) electrons. The van der Waals surface area contributed by atoms with Crippen molar-refractivity contribution < 1.29 is 24.2 Å². The van der Waals surface area contributed by atoms with Crippen molar-refractivity contribution in [2.45, 2.75) is 51.9 Å². The fourth-order valence-corrected chi connectivity index (χ4v) is 5.23. The number of ether oxygens (including phenoxy) is 2. The molecular formula is C30H32N2O5. The predicted molar refractivity (Wildman–Crippen MR) is 141 cm³/mol. The van der Waals surface area contributed by atoms with Gasteiger partial charge in [-0.2, -0.15) is 0 Å². The zero-order valence-electron chi connectivity index (χ0n) is 21.4. The first-order chi connectivity index (χ1) is 17.7. The van der Waals surface area contributed by atoms with Crippen LogP contribution in [0.15, 0.2) is 60.7 Å². The van der Waals surface area contributed by atoms with Gasteiger partial charge in [-0.3, -0.25) is 5.32 Å². The molecule has 0 fully saturated rings. The van der Waals surface area contributed by atoms with Gasteiger partial charge in [0.1, 0.15) is 12.2 Å². The van der Waals surface area contributed by atoms with Crippen LogP contribution in [0.2, 0.25) is 0 Å². The van der Waals surface area contributed by atoms with Crippen LogP contribution in [0.25, 0.3) is 11.1 Å². The van der Waals surface area contributed by atoms with Crippen LogP contribution in [0.1, 0.15) is 54.5 Å². The molecular weight excluding hydrogens is 468 g/mol. The summed E-state index contributed by atoms with van der Waals surface area (Å²) in [4.78, 5) is 27.1. The van der Waals surface area contributed by atoms with Crippen LogP contribution in [-0.2, 0) is 29.0 Å². The first kappa shape index (κ1) is 24.8. The second-order valence-corrected chi connectivity index (χ2v) is 10.5. The number of hydrogen-bond acceptors (Lipinski definition) is 5. The Morgan fingerprint density at radius 3 is 2.24 bits per heavy atom. The minimum atomic E-state index is -0.593. The summed E-state index contributed by atoms with van der Waals surface area (Å²) < 4.78 is 11.2. The zero-order valence-corrected chi connectivity index (χ0v) is 21.4. The van der Waals surface area contributed by atoms with Crippen molar-refractivity contribution >= 4 is 17.9 Å². The fraction of sp³-hybridized carbons (Fsp3) is 0.333. The van der Waals surface area contributed by atoms with Crippen LogP contribution < -0.4 is 5.32 Å². The van der Waals surface area contributed by atoms with Gasteiger partial charge >= 0.3 is 12.2 Å². The van der Waals surface area contributed by atoms with Crippen molar-refractivity contribution in [1.82, 2.24) is 4.90 Å². The highest BCUT2D eigenvalue weighted by molar-refractivity contribution is 5.87. The van der Waals surface area contributed by atoms with E-state index in [0.29, 0.717) is 25.2 Å². The van der Waals surface area contributed by atoms with Gasteiger partial charge < -0.3 is 19.5 Å². The lowest BCUT2D eigenvalue weighted by Crippen LogP contribution is -2.40. The van der Waals surface area contributed by atoms with E-state index in [-0.39, 0.29) is 19.1 Å². The molecule has 1 aliphatic heterocycles. The number of aliphatic hydroxyl groups excluding tert-OH is 1. The SMILES string of the molecule is CC(C)(C)OC(=O)N1CCc2c(NC(=O)OCC3c4ccccc4-c4ccccc43)ccc(CO)c2C1. The van der Waals surface area contributed by atoms with E-state index in [2.05, 4.69) is 29.6 Å². The topological polar surface area (TPSA) is 88.1 Å². The number of hydrogen-bond donors (Lipinski definition) is 2. The number of carbonyl (C=O) groups is 2. The lowest BCUT2D eigenvalue weighted by Gasteiger charge is -2.33. The Morgan fingerprint density at radius 2 is 1.62 bits per heavy atom. The number of aliphatic hydroxyl groups is 1. The van der Waals surface area contributed by atoms with E-state index in [1.807, 2.05) is 45.0 Å². The number of anilines is 1. The molecule has 0 atom stereocenters. The number of amides is 2. The second-order valence-electron chi connectivity index (χ2n) is 10.5. The normalized spacial score (nSPS) is 14.4. The molecule has 5 rings (SSSR count). The van der Waals surface area contributed by atoms with Crippen molar-refractivity contribution in [3.05, 3.63) is 88.5 Å². The highest BCUT2D eigenvalue weighted by Gasteiger charge is 2.30. The van der Waals surface area contributed by atoms with Gasteiger partial charge in [0, 0.05) is 24.7 Å². The summed E-state index contributed by atoms with van der Waals surface area (Å²) in [6, 6.07) is 20.0. The summed E-state index contributed by atoms with van der Waals surface area (Å²) in [5, 5.41) is 12.8. The standard InChI is InChI=1S/C30H32N2O5/c1-30(2,3)37-29(35)32-15-14-24-25(16-32)19(17-33)12-13-27(24)31-28(34)36-18-26-22-10-6-4-8-20(22)21-9-5-7-11-23(21)26/h4-13,26,33H,14-18H2,1-3H3,(H,31,34). The monoisotopic (exact) mass is 500 g/mol. The molecule has 1 aliphatic carbocycles. The molecule has 2 aliphatic rings. The third kappa shape index (κ3) is 5.04. The molecule has 0 aromatic heterocycles. The largest absolute Gasteiger partial charge is 0.448 e. The third-order valence-corrected chi connectivity index (χ3v) is 6.91. The van der Waals surface area contributed by atoms with Crippen molar-refractivity contribution in [2.24, 2.45) is 0 Å². The molecule has 7 nitrogen and oxygen atoms in total. The van der Waals surface area contributed by atoms with Gasteiger partial charge in [-0.05, 0) is 72.2 Å². The number of nitrogens with one attached hydrogen (secondary N) is 1. The maximum absolute atomic E-state index is 12.9. The Bertz CT molecular complexity index is 1300. The lowest BCUT2D eigenvalue weighted by molar-refractivity contribution is 0.0222. The smallest absolute Gasteiger partial charge is 0.411 e. The molecule has 192 valence electrons. The summed E-state index contributed by atoms with van der Waals surface area (Å²) in [6.45, 7) is 6.32. The number of benzene rings is 3. The van der Waals surface area contributed by atoms with Crippen molar-refractivity contribution in [3.63, 3.8) is 0 Å². The quantitative estimate of drug-likeness (QED) is 0.470. The van der Waals surface area contributed by atoms with E-state index in [1.54, 1.807) is 17.0 Å². The molecule has 0 bridgehead atoms. The Hall–Kier alpha value is -3.84. The van der Waals surface area contributed by atoms with Crippen molar-refractivity contribution in [1.29, 1.82) is 0 Å². The van der Waals surface area contributed by atoms with Gasteiger partial charge in [-0.1, -0.05) is 54.6 Å². The Morgan fingerprint density at radius 1 is 0.973 bits per heavy atom. The van der Waals surface area contributed by atoms with E-state index in [1.165, 1.54) is 11.1 Å². The van der Waals surface area contributed by atoms with Gasteiger partial charge in [-0.25, -0.2) is 9.59 Å². The van der Waals surface area contributed by atoms with Crippen LogP contribution in [0, 0.1) is 0 Å². The maximum atomic E-state index is 12.9. The average Bonchev–Trinajstić information content (AvgIpc) is 3.20.